The lowest BCUT2D eigenvalue weighted by Crippen LogP contribution is -2.51. The first kappa shape index (κ1) is 41.1. The third kappa shape index (κ3) is 10.0. The number of aliphatic hydroxyl groups is 1. The molecule has 11 heteroatoms. The van der Waals surface area contributed by atoms with Crippen LogP contribution < -0.4 is 5.32 Å². The molecule has 0 spiro atoms. The van der Waals surface area contributed by atoms with E-state index < -0.39 is 24.3 Å². The molecule has 0 saturated carbocycles. The van der Waals surface area contributed by atoms with Crippen LogP contribution in [0.5, 0.6) is 0 Å². The van der Waals surface area contributed by atoms with Crippen LogP contribution in [-0.2, 0) is 50.1 Å². The minimum absolute atomic E-state index is 0.0195. The Morgan fingerprint density at radius 3 is 2.07 bits per heavy atom. The maximum atomic E-state index is 13.3. The maximum absolute atomic E-state index is 13.3. The van der Waals surface area contributed by atoms with Gasteiger partial charge in [0.25, 0.3) is 5.91 Å². The van der Waals surface area contributed by atoms with Gasteiger partial charge in [0, 0.05) is 50.7 Å². The number of benzene rings is 5. The number of imide groups is 1. The van der Waals surface area contributed by atoms with Gasteiger partial charge < -0.3 is 24.6 Å². The zero-order valence-electron chi connectivity index (χ0n) is 33.9. The van der Waals surface area contributed by atoms with Gasteiger partial charge in [-0.3, -0.25) is 24.3 Å². The quantitative estimate of drug-likeness (QED) is 0.121. The molecule has 3 fully saturated rings. The van der Waals surface area contributed by atoms with Gasteiger partial charge in [0.15, 0.2) is 6.29 Å². The molecule has 8 rings (SSSR count). The molecule has 60 heavy (non-hydrogen) atoms. The van der Waals surface area contributed by atoms with Crippen LogP contribution in [0.2, 0.25) is 0 Å². The number of likely N-dealkylation sites (tertiary alicyclic amines) is 1. The highest BCUT2D eigenvalue weighted by molar-refractivity contribution is 6.06. The van der Waals surface area contributed by atoms with E-state index in [0.29, 0.717) is 0 Å². The molecular formula is C49H52N4O7. The van der Waals surface area contributed by atoms with Crippen LogP contribution in [-0.4, -0.2) is 82.6 Å². The van der Waals surface area contributed by atoms with Gasteiger partial charge in [-0.25, -0.2) is 4.79 Å². The van der Waals surface area contributed by atoms with Crippen LogP contribution in [0.25, 0.3) is 11.1 Å². The van der Waals surface area contributed by atoms with E-state index in [0.717, 1.165) is 78.2 Å². The average molecular weight is 809 g/mol. The van der Waals surface area contributed by atoms with E-state index in [-0.39, 0.29) is 50.2 Å². The van der Waals surface area contributed by atoms with Crippen molar-refractivity contribution in [1.82, 2.24) is 20.0 Å². The number of nitrogens with one attached hydrogen (secondary N) is 1. The van der Waals surface area contributed by atoms with E-state index >= 15 is 0 Å². The zero-order chi connectivity index (χ0) is 41.4. The summed E-state index contributed by atoms with van der Waals surface area (Å²) < 4.78 is 19.0. The molecule has 0 aliphatic carbocycles. The average Bonchev–Trinajstić information content (AvgIpc) is 3.54. The van der Waals surface area contributed by atoms with Crippen molar-refractivity contribution in [2.45, 2.75) is 64.2 Å². The fraction of sp³-hybridized carbons (Fsp3) is 0.327. The molecule has 0 aromatic heterocycles. The molecule has 5 aromatic rings. The van der Waals surface area contributed by atoms with Gasteiger partial charge in [0.2, 0.25) is 5.91 Å². The van der Waals surface area contributed by atoms with Crippen LogP contribution in [0, 0.1) is 5.92 Å². The number of rotatable bonds is 13. The second-order valence-corrected chi connectivity index (χ2v) is 16.0. The summed E-state index contributed by atoms with van der Waals surface area (Å²) in [5.41, 5.74) is 7.56. The smallest absolute Gasteiger partial charge is 0.408 e. The van der Waals surface area contributed by atoms with Crippen LogP contribution in [0.1, 0.15) is 59.1 Å². The normalized spacial score (nSPS) is 22.5. The number of alkyl carbamates (subject to hydrolysis) is 1. The van der Waals surface area contributed by atoms with Crippen molar-refractivity contribution in [3.8, 4) is 11.1 Å². The summed E-state index contributed by atoms with van der Waals surface area (Å²) in [7, 11) is 0. The van der Waals surface area contributed by atoms with Crippen molar-refractivity contribution in [3.05, 3.63) is 167 Å². The number of piperazine rings is 1. The minimum atomic E-state index is -0.983. The monoisotopic (exact) mass is 808 g/mol. The number of aliphatic hydroxyl groups excluding tert-OH is 1. The van der Waals surface area contributed by atoms with E-state index in [9.17, 15) is 19.5 Å². The molecule has 3 aliphatic heterocycles. The van der Waals surface area contributed by atoms with Gasteiger partial charge in [-0.2, -0.15) is 0 Å². The molecule has 0 radical (unpaired) electrons. The standard InChI is InChI=1S/C49H52N4O7/c1-34-44(31-52-24-22-51(23-25-52)29-35-10-4-2-5-11-35)59-48(60-46(34)39-20-18-36(32-54)19-21-39)42-17-9-16-41(27-42)40-15-8-14-38(26-40)30-53-45(55)28-43(47(53)56)50-49(57)58-33-37-12-6-3-7-13-37/h2-21,26-27,34,43-44,46,48,54H,22-25,28-33H2,1H3,(H,50,57)/t34-,43?,44+,46+,48+/m0/s1. The van der Waals surface area contributed by atoms with Crippen molar-refractivity contribution in [3.63, 3.8) is 0 Å². The predicted octanol–water partition coefficient (Wildman–Crippen LogP) is 7.01. The van der Waals surface area contributed by atoms with Gasteiger partial charge in [-0.15, -0.1) is 0 Å². The van der Waals surface area contributed by atoms with Crippen LogP contribution >= 0.6 is 0 Å². The van der Waals surface area contributed by atoms with Crippen LogP contribution in [0.15, 0.2) is 133 Å². The third-order valence-corrected chi connectivity index (χ3v) is 11.8. The van der Waals surface area contributed by atoms with Crippen LogP contribution in [0.4, 0.5) is 4.79 Å². The summed E-state index contributed by atoms with van der Waals surface area (Å²) in [6, 6.07) is 42.8. The number of hydrogen-bond acceptors (Lipinski definition) is 9. The Bertz CT molecular complexity index is 2230. The molecule has 5 atom stereocenters. The highest BCUT2D eigenvalue weighted by atomic mass is 16.7. The van der Waals surface area contributed by atoms with E-state index in [4.69, 9.17) is 14.2 Å². The van der Waals surface area contributed by atoms with Crippen molar-refractivity contribution >= 4 is 17.9 Å². The number of nitrogens with zero attached hydrogens (tertiary/aromatic N) is 3. The first-order chi connectivity index (χ1) is 29.3. The van der Waals surface area contributed by atoms with Crippen molar-refractivity contribution in [2.75, 3.05) is 32.7 Å². The summed E-state index contributed by atoms with van der Waals surface area (Å²) in [6.07, 6.45) is -1.83. The lowest BCUT2D eigenvalue weighted by Gasteiger charge is -2.44. The molecule has 3 amide bonds. The first-order valence-corrected chi connectivity index (χ1v) is 20.8. The summed E-state index contributed by atoms with van der Waals surface area (Å²) in [4.78, 5) is 45.0. The molecule has 3 saturated heterocycles. The van der Waals surface area contributed by atoms with Crippen molar-refractivity contribution in [2.24, 2.45) is 5.92 Å². The molecule has 2 N–H and O–H groups in total. The van der Waals surface area contributed by atoms with Gasteiger partial charge in [-0.05, 0) is 51.1 Å². The summed E-state index contributed by atoms with van der Waals surface area (Å²) in [6.45, 7) is 7.95. The van der Waals surface area contributed by atoms with Crippen molar-refractivity contribution in [1.29, 1.82) is 0 Å². The topological polar surface area (TPSA) is 121 Å². The van der Waals surface area contributed by atoms with E-state index in [1.54, 1.807) is 0 Å². The zero-order valence-corrected chi connectivity index (χ0v) is 33.9. The number of ether oxygens (including phenoxy) is 3. The number of amides is 3. The SMILES string of the molecule is C[C@H]1[C@@H](CN2CCN(Cc3ccccc3)CC2)O[C@@H](c2cccc(-c3cccc(CN4C(=O)CC(NC(=O)OCc5ccccc5)C4=O)c3)c2)O[C@H]1c1ccc(CO)cc1. The molecule has 3 heterocycles. The lowest BCUT2D eigenvalue weighted by molar-refractivity contribution is -0.276. The van der Waals surface area contributed by atoms with Gasteiger partial charge >= 0.3 is 6.09 Å². The highest BCUT2D eigenvalue weighted by Crippen LogP contribution is 2.42. The fourth-order valence-corrected chi connectivity index (χ4v) is 8.32. The Morgan fingerprint density at radius 1 is 0.700 bits per heavy atom. The Hall–Kier alpha value is -5.69. The lowest BCUT2D eigenvalue weighted by atomic mass is 9.89. The highest BCUT2D eigenvalue weighted by Gasteiger charge is 2.41. The molecule has 5 aromatic carbocycles. The second kappa shape index (κ2) is 19.1. The molecule has 310 valence electrons. The van der Waals surface area contributed by atoms with E-state index in [2.05, 4.69) is 58.4 Å². The Morgan fingerprint density at radius 2 is 1.35 bits per heavy atom. The largest absolute Gasteiger partial charge is 0.445 e. The summed E-state index contributed by atoms with van der Waals surface area (Å²) in [5, 5.41) is 12.3. The molecule has 1 unspecified atom stereocenters. The fourth-order valence-electron chi connectivity index (χ4n) is 8.32. The van der Waals surface area contributed by atoms with E-state index in [1.807, 2.05) is 97.1 Å². The Balaban J connectivity index is 0.941. The first-order valence-electron chi connectivity index (χ1n) is 20.8. The maximum Gasteiger partial charge on any atom is 0.408 e. The van der Waals surface area contributed by atoms with Crippen LogP contribution in [0.3, 0.4) is 0 Å². The second-order valence-electron chi connectivity index (χ2n) is 16.0. The number of hydrogen-bond donors (Lipinski definition) is 2. The number of carbonyl (C=O) groups is 3. The Labute approximate surface area is 351 Å². The molecule has 11 nitrogen and oxygen atoms in total. The molecular weight excluding hydrogens is 757 g/mol. The summed E-state index contributed by atoms with van der Waals surface area (Å²) >= 11 is 0. The van der Waals surface area contributed by atoms with Gasteiger partial charge in [0.05, 0.1) is 31.8 Å². The van der Waals surface area contributed by atoms with Gasteiger partial charge in [-0.1, -0.05) is 128 Å². The molecule has 3 aliphatic rings. The van der Waals surface area contributed by atoms with E-state index in [1.165, 1.54) is 10.5 Å². The predicted molar refractivity (Wildman–Crippen MR) is 227 cm³/mol. The summed E-state index contributed by atoms with van der Waals surface area (Å²) in [5.74, 6) is -0.756. The van der Waals surface area contributed by atoms with Gasteiger partial charge in [0.1, 0.15) is 12.6 Å². The van der Waals surface area contributed by atoms with Crippen molar-refractivity contribution < 1.29 is 33.7 Å². The Kier molecular flexibility index (Phi) is 13.1. The third-order valence-electron chi connectivity index (χ3n) is 11.8. The molecule has 0 bridgehead atoms. The minimum Gasteiger partial charge on any atom is -0.445 e. The number of carbonyl (C=O) groups excluding carboxylic acids is 3.